The highest BCUT2D eigenvalue weighted by Gasteiger charge is 2.19. The summed E-state index contributed by atoms with van der Waals surface area (Å²) in [6.45, 7) is 13.9. The minimum atomic E-state index is 0.269. The fourth-order valence-corrected chi connectivity index (χ4v) is 2.19. The van der Waals surface area contributed by atoms with Gasteiger partial charge in [0.05, 0.1) is 0 Å². The van der Waals surface area contributed by atoms with Gasteiger partial charge < -0.3 is 10.2 Å². The van der Waals surface area contributed by atoms with Crippen molar-refractivity contribution in [2.75, 3.05) is 26.2 Å². The molecule has 1 rings (SSSR count). The molecule has 16 heavy (non-hydrogen) atoms. The first-order valence-electron chi connectivity index (χ1n) is 6.98. The van der Waals surface area contributed by atoms with Crippen LogP contribution in [0.5, 0.6) is 0 Å². The maximum absolute atomic E-state index is 3.56. The lowest BCUT2D eigenvalue weighted by Gasteiger charge is -2.32. The van der Waals surface area contributed by atoms with Crippen LogP contribution in [0.25, 0.3) is 0 Å². The molecule has 1 N–H and O–H groups in total. The van der Waals surface area contributed by atoms with E-state index < -0.39 is 0 Å². The molecule has 0 unspecified atom stereocenters. The summed E-state index contributed by atoms with van der Waals surface area (Å²) >= 11 is 0. The summed E-state index contributed by atoms with van der Waals surface area (Å²) in [6.07, 6.45) is 5.68. The first-order valence-corrected chi connectivity index (χ1v) is 6.98. The maximum Gasteiger partial charge on any atom is 0.00965 e. The van der Waals surface area contributed by atoms with E-state index in [4.69, 9.17) is 0 Å². The van der Waals surface area contributed by atoms with E-state index in [1.807, 2.05) is 0 Å². The Hall–Kier alpha value is -0.0800. The highest BCUT2D eigenvalue weighted by atomic mass is 15.1. The zero-order valence-corrected chi connectivity index (χ0v) is 11.7. The van der Waals surface area contributed by atoms with Gasteiger partial charge in [0.15, 0.2) is 0 Å². The first kappa shape index (κ1) is 14.0. The summed E-state index contributed by atoms with van der Waals surface area (Å²) in [7, 11) is 0. The molecule has 0 atom stereocenters. The second kappa shape index (κ2) is 6.61. The lowest BCUT2D eigenvalue weighted by molar-refractivity contribution is 0.181. The Labute approximate surface area is 102 Å². The van der Waals surface area contributed by atoms with Crippen molar-refractivity contribution < 1.29 is 0 Å². The molecule has 0 aromatic heterocycles. The molecule has 1 fully saturated rings. The average molecular weight is 226 g/mol. The minimum absolute atomic E-state index is 0.269. The predicted octanol–water partition coefficient (Wildman–Crippen LogP) is 2.89. The number of hydrogen-bond donors (Lipinski definition) is 1. The highest BCUT2D eigenvalue weighted by molar-refractivity contribution is 4.74. The van der Waals surface area contributed by atoms with Gasteiger partial charge in [-0.15, -0.1) is 0 Å². The summed E-state index contributed by atoms with van der Waals surface area (Å²) < 4.78 is 0. The summed E-state index contributed by atoms with van der Waals surface area (Å²) in [5, 5.41) is 3.56. The Morgan fingerprint density at radius 3 is 2.38 bits per heavy atom. The molecule has 1 saturated carbocycles. The van der Waals surface area contributed by atoms with E-state index in [2.05, 4.69) is 37.9 Å². The fourth-order valence-electron chi connectivity index (χ4n) is 2.19. The van der Waals surface area contributed by atoms with Crippen molar-refractivity contribution >= 4 is 0 Å². The Kier molecular flexibility index (Phi) is 5.77. The topological polar surface area (TPSA) is 15.3 Å². The van der Waals surface area contributed by atoms with Crippen molar-refractivity contribution in [3.63, 3.8) is 0 Å². The van der Waals surface area contributed by atoms with Gasteiger partial charge in [0.2, 0.25) is 0 Å². The SMILES string of the molecule is CCN(CCCNC(C)(C)C)CC1CCC1. The van der Waals surface area contributed by atoms with Gasteiger partial charge in [-0.25, -0.2) is 0 Å². The average Bonchev–Trinajstić information content (AvgIpc) is 2.12. The summed E-state index contributed by atoms with van der Waals surface area (Å²) in [6, 6.07) is 0. The van der Waals surface area contributed by atoms with Crippen molar-refractivity contribution in [1.82, 2.24) is 10.2 Å². The molecule has 1 aliphatic rings. The molecule has 0 bridgehead atoms. The van der Waals surface area contributed by atoms with Gasteiger partial charge in [0.1, 0.15) is 0 Å². The number of hydrogen-bond acceptors (Lipinski definition) is 2. The van der Waals surface area contributed by atoms with E-state index in [1.165, 1.54) is 45.3 Å². The molecule has 0 aromatic rings. The molecule has 96 valence electrons. The molecule has 0 radical (unpaired) electrons. The minimum Gasteiger partial charge on any atom is -0.312 e. The van der Waals surface area contributed by atoms with Crippen LogP contribution in [-0.2, 0) is 0 Å². The molecule has 0 amide bonds. The smallest absolute Gasteiger partial charge is 0.00965 e. The third-order valence-corrected chi connectivity index (χ3v) is 3.49. The van der Waals surface area contributed by atoms with Crippen molar-refractivity contribution in [3.8, 4) is 0 Å². The van der Waals surface area contributed by atoms with Crippen molar-refractivity contribution in [1.29, 1.82) is 0 Å². The van der Waals surface area contributed by atoms with Crippen LogP contribution in [-0.4, -0.2) is 36.6 Å². The van der Waals surface area contributed by atoms with E-state index >= 15 is 0 Å². The molecule has 2 nitrogen and oxygen atoms in total. The predicted molar refractivity (Wildman–Crippen MR) is 71.8 cm³/mol. The van der Waals surface area contributed by atoms with Crippen LogP contribution in [0.15, 0.2) is 0 Å². The number of nitrogens with zero attached hydrogens (tertiary/aromatic N) is 1. The quantitative estimate of drug-likeness (QED) is 0.672. The van der Waals surface area contributed by atoms with Crippen LogP contribution in [0, 0.1) is 5.92 Å². The van der Waals surface area contributed by atoms with Gasteiger partial charge in [0, 0.05) is 12.1 Å². The number of nitrogens with one attached hydrogen (secondary N) is 1. The van der Waals surface area contributed by atoms with E-state index in [9.17, 15) is 0 Å². The van der Waals surface area contributed by atoms with E-state index in [0.717, 1.165) is 12.5 Å². The van der Waals surface area contributed by atoms with Gasteiger partial charge >= 0.3 is 0 Å². The fraction of sp³-hybridized carbons (Fsp3) is 1.00. The van der Waals surface area contributed by atoms with Gasteiger partial charge in [0.25, 0.3) is 0 Å². The zero-order chi connectivity index (χ0) is 12.0. The molecule has 2 heteroatoms. The Morgan fingerprint density at radius 1 is 1.25 bits per heavy atom. The van der Waals surface area contributed by atoms with Crippen LogP contribution in [0.4, 0.5) is 0 Å². The van der Waals surface area contributed by atoms with Crippen LogP contribution in [0.2, 0.25) is 0 Å². The second-order valence-corrected chi connectivity index (χ2v) is 6.22. The molecule has 0 saturated heterocycles. The standard InChI is InChI=1S/C14H30N2/c1-5-16(12-13-8-6-9-13)11-7-10-15-14(2,3)4/h13,15H,5-12H2,1-4H3. The second-order valence-electron chi connectivity index (χ2n) is 6.22. The van der Waals surface area contributed by atoms with E-state index in [1.54, 1.807) is 0 Å². The summed E-state index contributed by atoms with van der Waals surface area (Å²) in [5.41, 5.74) is 0.269. The first-order chi connectivity index (χ1) is 7.51. The van der Waals surface area contributed by atoms with Gasteiger partial charge in [-0.05, 0) is 65.6 Å². The van der Waals surface area contributed by atoms with Crippen LogP contribution in [0.1, 0.15) is 53.4 Å². The van der Waals surface area contributed by atoms with Crippen molar-refractivity contribution in [2.24, 2.45) is 5.92 Å². The lowest BCUT2D eigenvalue weighted by Crippen LogP contribution is -2.39. The third-order valence-electron chi connectivity index (χ3n) is 3.49. The zero-order valence-electron chi connectivity index (χ0n) is 11.7. The Bertz CT molecular complexity index is 180. The van der Waals surface area contributed by atoms with E-state index in [-0.39, 0.29) is 5.54 Å². The van der Waals surface area contributed by atoms with Crippen molar-refractivity contribution in [3.05, 3.63) is 0 Å². The lowest BCUT2D eigenvalue weighted by atomic mass is 9.85. The van der Waals surface area contributed by atoms with Gasteiger partial charge in [-0.2, -0.15) is 0 Å². The molecule has 0 spiro atoms. The molecule has 1 aliphatic carbocycles. The molecule has 0 aliphatic heterocycles. The van der Waals surface area contributed by atoms with Crippen LogP contribution in [0.3, 0.4) is 0 Å². The molecular formula is C14H30N2. The monoisotopic (exact) mass is 226 g/mol. The molecular weight excluding hydrogens is 196 g/mol. The van der Waals surface area contributed by atoms with Gasteiger partial charge in [-0.1, -0.05) is 13.3 Å². The normalized spacial score (nSPS) is 17.8. The molecule has 0 aromatic carbocycles. The highest BCUT2D eigenvalue weighted by Crippen LogP contribution is 2.26. The van der Waals surface area contributed by atoms with Crippen molar-refractivity contribution in [2.45, 2.75) is 58.9 Å². The van der Waals surface area contributed by atoms with E-state index in [0.29, 0.717) is 0 Å². The third kappa shape index (κ3) is 5.86. The number of rotatable bonds is 7. The summed E-state index contributed by atoms with van der Waals surface area (Å²) in [5.74, 6) is 1.01. The Morgan fingerprint density at radius 2 is 1.94 bits per heavy atom. The largest absolute Gasteiger partial charge is 0.312 e. The maximum atomic E-state index is 3.56. The van der Waals surface area contributed by atoms with Crippen LogP contribution >= 0.6 is 0 Å². The molecule has 0 heterocycles. The van der Waals surface area contributed by atoms with Crippen LogP contribution < -0.4 is 5.32 Å². The Balaban J connectivity index is 2.04. The summed E-state index contributed by atoms with van der Waals surface area (Å²) in [4.78, 5) is 2.62. The van der Waals surface area contributed by atoms with Gasteiger partial charge in [-0.3, -0.25) is 0 Å².